The van der Waals surface area contributed by atoms with Crippen molar-refractivity contribution in [2.75, 3.05) is 37.8 Å². The topological polar surface area (TPSA) is 89.8 Å². The summed E-state index contributed by atoms with van der Waals surface area (Å²) in [6.07, 6.45) is 4.33. The normalized spacial score (nSPS) is 10.6. The Hall–Kier alpha value is -3.57. The minimum absolute atomic E-state index is 0.0606. The van der Waals surface area contributed by atoms with Crippen molar-refractivity contribution in [2.45, 2.75) is 6.42 Å². The van der Waals surface area contributed by atoms with Gasteiger partial charge in [0.2, 0.25) is 5.95 Å². The number of nitrogens with zero attached hydrogens (tertiary/aromatic N) is 5. The molecule has 0 fully saturated rings. The van der Waals surface area contributed by atoms with Gasteiger partial charge in [-0.15, -0.1) is 0 Å². The van der Waals surface area contributed by atoms with E-state index in [1.807, 2.05) is 32.3 Å². The smallest absolute Gasteiger partial charge is 0.225 e. The second-order valence-corrected chi connectivity index (χ2v) is 6.69. The molecule has 0 unspecified atom stereocenters. The predicted octanol–water partition coefficient (Wildman–Crippen LogP) is 3.66. The maximum absolute atomic E-state index is 13.9. The van der Waals surface area contributed by atoms with Crippen molar-refractivity contribution in [2.24, 2.45) is 0 Å². The number of hydrogen-bond donors (Lipinski definition) is 2. The van der Waals surface area contributed by atoms with E-state index in [0.717, 1.165) is 18.5 Å². The highest BCUT2D eigenvalue weighted by atomic mass is 19.1. The van der Waals surface area contributed by atoms with E-state index in [4.69, 9.17) is 0 Å². The quantitative estimate of drug-likeness (QED) is 0.567. The molecule has 7 nitrogen and oxygen atoms in total. The van der Waals surface area contributed by atoms with Crippen LogP contribution in [0.5, 0.6) is 0 Å². The van der Waals surface area contributed by atoms with Gasteiger partial charge in [-0.05, 0) is 51.3 Å². The van der Waals surface area contributed by atoms with Gasteiger partial charge in [0, 0.05) is 30.6 Å². The molecule has 0 saturated heterocycles. The molecule has 2 N–H and O–H groups in total. The fourth-order valence-electron chi connectivity index (χ4n) is 2.73. The Bertz CT molecular complexity index is 1000. The number of benzene rings is 1. The number of aromatic nitrogens is 3. The van der Waals surface area contributed by atoms with Crippen molar-refractivity contribution in [1.29, 1.82) is 5.26 Å². The number of rotatable bonds is 8. The number of anilines is 3. The summed E-state index contributed by atoms with van der Waals surface area (Å²) in [6.45, 7) is 1.65. The molecule has 0 aliphatic carbocycles. The summed E-state index contributed by atoms with van der Waals surface area (Å²) in [5.41, 5.74) is 1.78. The molecule has 0 saturated carbocycles. The molecule has 0 aliphatic heterocycles. The molecular weight excluding hydrogens is 369 g/mol. The second-order valence-electron chi connectivity index (χ2n) is 6.69. The fraction of sp³-hybridized carbons (Fsp3) is 0.238. The van der Waals surface area contributed by atoms with E-state index >= 15 is 0 Å². The maximum Gasteiger partial charge on any atom is 0.225 e. The minimum Gasteiger partial charge on any atom is -0.354 e. The van der Waals surface area contributed by atoms with Crippen LogP contribution in [0.1, 0.15) is 12.0 Å². The summed E-state index contributed by atoms with van der Waals surface area (Å²) in [7, 11) is 4.04. The first-order valence-corrected chi connectivity index (χ1v) is 9.20. The van der Waals surface area contributed by atoms with Gasteiger partial charge < -0.3 is 15.5 Å². The van der Waals surface area contributed by atoms with E-state index in [0.29, 0.717) is 29.7 Å². The van der Waals surface area contributed by atoms with Crippen LogP contribution in [0, 0.1) is 17.1 Å². The highest BCUT2D eigenvalue weighted by Crippen LogP contribution is 2.25. The first kappa shape index (κ1) is 20.2. The van der Waals surface area contributed by atoms with E-state index in [2.05, 4.69) is 30.5 Å². The number of nitrogens with one attached hydrogen (secondary N) is 2. The zero-order chi connectivity index (χ0) is 20.6. The molecule has 0 amide bonds. The number of pyridine rings is 1. The van der Waals surface area contributed by atoms with Crippen LogP contribution in [-0.4, -0.2) is 47.0 Å². The minimum atomic E-state index is -0.582. The van der Waals surface area contributed by atoms with Crippen LogP contribution in [0.25, 0.3) is 11.3 Å². The van der Waals surface area contributed by atoms with E-state index in [9.17, 15) is 9.65 Å². The van der Waals surface area contributed by atoms with Crippen LogP contribution in [0.4, 0.5) is 21.8 Å². The molecule has 0 aliphatic rings. The van der Waals surface area contributed by atoms with Gasteiger partial charge >= 0.3 is 0 Å². The van der Waals surface area contributed by atoms with Crippen molar-refractivity contribution in [3.05, 3.63) is 60.2 Å². The highest BCUT2D eigenvalue weighted by molar-refractivity contribution is 5.69. The Labute approximate surface area is 169 Å². The van der Waals surface area contributed by atoms with E-state index < -0.39 is 5.82 Å². The van der Waals surface area contributed by atoms with Gasteiger partial charge in [-0.2, -0.15) is 10.2 Å². The highest BCUT2D eigenvalue weighted by Gasteiger charge is 2.11. The summed E-state index contributed by atoms with van der Waals surface area (Å²) < 4.78 is 13.9. The van der Waals surface area contributed by atoms with E-state index in [1.165, 1.54) is 6.07 Å². The van der Waals surface area contributed by atoms with Crippen LogP contribution >= 0.6 is 0 Å². The van der Waals surface area contributed by atoms with Crippen molar-refractivity contribution >= 4 is 17.5 Å². The molecule has 8 heteroatoms. The van der Waals surface area contributed by atoms with Gasteiger partial charge in [0.1, 0.15) is 23.3 Å². The van der Waals surface area contributed by atoms with Gasteiger partial charge in [0.25, 0.3) is 0 Å². The van der Waals surface area contributed by atoms with Gasteiger partial charge in [-0.3, -0.25) is 4.98 Å². The first-order valence-electron chi connectivity index (χ1n) is 9.20. The zero-order valence-corrected chi connectivity index (χ0v) is 16.4. The number of halogens is 1. The van der Waals surface area contributed by atoms with Crippen molar-refractivity contribution in [3.63, 3.8) is 0 Å². The second kappa shape index (κ2) is 9.57. The van der Waals surface area contributed by atoms with Crippen molar-refractivity contribution in [1.82, 2.24) is 19.9 Å². The van der Waals surface area contributed by atoms with Gasteiger partial charge in [-0.25, -0.2) is 9.37 Å². The number of nitriles is 1. The lowest BCUT2D eigenvalue weighted by Gasteiger charge is -2.13. The molecule has 3 rings (SSSR count). The van der Waals surface area contributed by atoms with Crippen LogP contribution < -0.4 is 10.6 Å². The van der Waals surface area contributed by atoms with Crippen LogP contribution in [0.15, 0.2) is 48.8 Å². The van der Waals surface area contributed by atoms with Crippen LogP contribution in [0.2, 0.25) is 0 Å². The molecule has 0 spiro atoms. The summed E-state index contributed by atoms with van der Waals surface area (Å²) in [5, 5.41) is 15.5. The van der Waals surface area contributed by atoms with Gasteiger partial charge in [0.05, 0.1) is 11.4 Å². The SMILES string of the molecule is CN(C)CCCNc1nc(Nc2cccc(F)c2C#N)cc(-c2cccnc2)n1. The molecule has 2 heterocycles. The third-order valence-corrected chi connectivity index (χ3v) is 4.14. The largest absolute Gasteiger partial charge is 0.354 e. The van der Waals surface area contributed by atoms with Gasteiger partial charge in [0.15, 0.2) is 0 Å². The molecule has 1 aromatic carbocycles. The third-order valence-electron chi connectivity index (χ3n) is 4.14. The molecule has 0 atom stereocenters. The summed E-state index contributed by atoms with van der Waals surface area (Å²) >= 11 is 0. The number of hydrogen-bond acceptors (Lipinski definition) is 7. The Morgan fingerprint density at radius 3 is 2.76 bits per heavy atom. The van der Waals surface area contributed by atoms with E-state index in [1.54, 1.807) is 30.6 Å². The Morgan fingerprint density at radius 1 is 1.17 bits per heavy atom. The predicted molar refractivity (Wildman–Crippen MR) is 111 cm³/mol. The maximum atomic E-state index is 13.9. The Kier molecular flexibility index (Phi) is 6.66. The Morgan fingerprint density at radius 2 is 2.03 bits per heavy atom. The van der Waals surface area contributed by atoms with Crippen molar-refractivity contribution in [3.8, 4) is 17.3 Å². The molecule has 2 aromatic heterocycles. The summed E-state index contributed by atoms with van der Waals surface area (Å²) in [4.78, 5) is 15.3. The molecule has 0 bridgehead atoms. The fourth-order valence-corrected chi connectivity index (χ4v) is 2.73. The van der Waals surface area contributed by atoms with Crippen molar-refractivity contribution < 1.29 is 4.39 Å². The lowest BCUT2D eigenvalue weighted by atomic mass is 10.1. The molecular formula is C21H22FN7. The molecule has 148 valence electrons. The average Bonchev–Trinajstić information content (AvgIpc) is 2.72. The lowest BCUT2D eigenvalue weighted by molar-refractivity contribution is 0.405. The van der Waals surface area contributed by atoms with Crippen LogP contribution in [0.3, 0.4) is 0 Å². The summed E-state index contributed by atoms with van der Waals surface area (Å²) in [6, 6.07) is 11.8. The Balaban J connectivity index is 1.90. The average molecular weight is 391 g/mol. The van der Waals surface area contributed by atoms with E-state index in [-0.39, 0.29) is 5.56 Å². The molecule has 0 radical (unpaired) electrons. The molecule has 29 heavy (non-hydrogen) atoms. The lowest BCUT2D eigenvalue weighted by Crippen LogP contribution is -2.17. The summed E-state index contributed by atoms with van der Waals surface area (Å²) in [5.74, 6) is 0.319. The third kappa shape index (κ3) is 5.46. The first-order chi connectivity index (χ1) is 14.1. The van der Waals surface area contributed by atoms with Gasteiger partial charge in [-0.1, -0.05) is 6.07 Å². The van der Waals surface area contributed by atoms with Crippen LogP contribution in [-0.2, 0) is 0 Å². The monoisotopic (exact) mass is 391 g/mol. The molecule has 3 aromatic rings. The zero-order valence-electron chi connectivity index (χ0n) is 16.4. The standard InChI is InChI=1S/C21H22FN7/c1-29(2)11-5-10-25-21-27-19(15-6-4-9-24-14-15)12-20(28-21)26-18-8-3-7-17(22)16(18)13-23/h3-4,6-9,12,14H,5,10-11H2,1-2H3,(H2,25,26,27,28).